The Kier molecular flexibility index (Phi) is 6.70. The molecule has 33 heavy (non-hydrogen) atoms. The fraction of sp³-hybridized carbons (Fsp3) is 0.273. The maximum Gasteiger partial charge on any atom is 0.327 e. The van der Waals surface area contributed by atoms with Gasteiger partial charge in [0.15, 0.2) is 0 Å². The van der Waals surface area contributed by atoms with Gasteiger partial charge in [-0.3, -0.25) is 13.9 Å². The van der Waals surface area contributed by atoms with Gasteiger partial charge in [0.1, 0.15) is 12.1 Å². The van der Waals surface area contributed by atoms with Crippen molar-refractivity contribution in [3.8, 4) is 0 Å². The van der Waals surface area contributed by atoms with E-state index < -0.39 is 34.0 Å². The Bertz CT molecular complexity index is 1340. The van der Waals surface area contributed by atoms with E-state index in [1.54, 1.807) is 50.7 Å². The first kappa shape index (κ1) is 24.9. The van der Waals surface area contributed by atoms with Crippen molar-refractivity contribution >= 4 is 61.7 Å². The fourth-order valence-electron chi connectivity index (χ4n) is 3.33. The number of hydrogen-bond donors (Lipinski definition) is 1. The molecular weight excluding hydrogens is 489 g/mol. The van der Waals surface area contributed by atoms with Crippen LogP contribution in [0.2, 0.25) is 10.0 Å². The Labute approximate surface area is 201 Å². The highest BCUT2D eigenvalue weighted by Crippen LogP contribution is 2.31. The van der Waals surface area contributed by atoms with Gasteiger partial charge in [0.25, 0.3) is 15.9 Å². The second-order valence-electron chi connectivity index (χ2n) is 8.42. The van der Waals surface area contributed by atoms with Crippen LogP contribution in [0, 0.1) is 0 Å². The number of anilines is 1. The summed E-state index contributed by atoms with van der Waals surface area (Å²) < 4.78 is 35.1. The number of sulfonamides is 1. The van der Waals surface area contributed by atoms with Gasteiger partial charge in [-0.25, -0.2) is 8.42 Å². The van der Waals surface area contributed by atoms with E-state index in [-0.39, 0.29) is 20.6 Å². The van der Waals surface area contributed by atoms with Crippen molar-refractivity contribution < 1.29 is 22.7 Å². The molecule has 0 saturated carbocycles. The van der Waals surface area contributed by atoms with Gasteiger partial charge in [-0.05, 0) is 57.2 Å². The Morgan fingerprint density at radius 3 is 2.24 bits per heavy atom. The Morgan fingerprint density at radius 1 is 1.09 bits per heavy atom. The SMILES string of the molecule is Cn1cc(C(N)=O)c2ccc(N(CC(=O)OC(C)(C)C)S(=O)(=O)c3cc(Cl)cc(Cl)c3)cc21. The molecule has 0 aliphatic carbocycles. The summed E-state index contributed by atoms with van der Waals surface area (Å²) in [6, 6.07) is 8.52. The maximum absolute atomic E-state index is 13.6. The molecule has 0 unspecified atom stereocenters. The van der Waals surface area contributed by atoms with Gasteiger partial charge in [0.2, 0.25) is 0 Å². The number of benzene rings is 2. The summed E-state index contributed by atoms with van der Waals surface area (Å²) in [6.45, 7) is 4.45. The van der Waals surface area contributed by atoms with Crippen LogP contribution >= 0.6 is 23.2 Å². The summed E-state index contributed by atoms with van der Waals surface area (Å²) in [5.74, 6) is -1.36. The largest absolute Gasteiger partial charge is 0.459 e. The molecule has 1 aromatic heterocycles. The lowest BCUT2D eigenvalue weighted by molar-refractivity contribution is -0.152. The van der Waals surface area contributed by atoms with Gasteiger partial charge in [0, 0.05) is 28.7 Å². The monoisotopic (exact) mass is 511 g/mol. The predicted molar refractivity (Wildman–Crippen MR) is 128 cm³/mol. The van der Waals surface area contributed by atoms with Crippen LogP contribution in [-0.2, 0) is 26.6 Å². The summed E-state index contributed by atoms with van der Waals surface area (Å²) >= 11 is 12.0. The summed E-state index contributed by atoms with van der Waals surface area (Å²) in [5.41, 5.74) is 5.66. The number of ether oxygens (including phenoxy) is 1. The highest BCUT2D eigenvalue weighted by Gasteiger charge is 2.30. The molecule has 8 nitrogen and oxygen atoms in total. The number of esters is 1. The standard InChI is InChI=1S/C22H23Cl2N3O5S/c1-22(2,3)32-20(28)12-27(33(30,31)16-8-13(23)7-14(24)9-16)15-5-6-17-18(21(25)29)11-26(4)19(17)10-15/h5-11H,12H2,1-4H3,(H2,25,29). The third-order valence-corrected chi connectivity index (χ3v) is 6.83. The molecule has 1 amide bonds. The fourth-order valence-corrected chi connectivity index (χ4v) is 5.46. The number of nitrogens with two attached hydrogens (primary N) is 1. The minimum absolute atomic E-state index is 0.127. The van der Waals surface area contributed by atoms with Crippen LogP contribution in [0.4, 0.5) is 5.69 Å². The van der Waals surface area contributed by atoms with Gasteiger partial charge >= 0.3 is 5.97 Å². The number of amides is 1. The number of carbonyl (C=O) groups is 2. The Hall–Kier alpha value is -2.75. The lowest BCUT2D eigenvalue weighted by Gasteiger charge is -2.26. The maximum atomic E-state index is 13.6. The first-order valence-corrected chi connectivity index (χ1v) is 12.0. The third kappa shape index (κ3) is 5.43. The molecule has 0 aliphatic rings. The molecule has 3 aromatic rings. The zero-order chi connectivity index (χ0) is 24.7. The average molecular weight is 512 g/mol. The first-order valence-electron chi connectivity index (χ1n) is 9.78. The van der Waals surface area contributed by atoms with Gasteiger partial charge in [-0.15, -0.1) is 0 Å². The summed E-state index contributed by atoms with van der Waals surface area (Å²) in [5, 5.41) is 0.804. The van der Waals surface area contributed by atoms with Crippen LogP contribution in [0.1, 0.15) is 31.1 Å². The number of nitrogens with zero attached hydrogens (tertiary/aromatic N) is 2. The molecule has 1 heterocycles. The smallest absolute Gasteiger partial charge is 0.327 e. The molecule has 0 spiro atoms. The molecule has 176 valence electrons. The zero-order valence-corrected chi connectivity index (χ0v) is 20.8. The zero-order valence-electron chi connectivity index (χ0n) is 18.4. The van der Waals surface area contributed by atoms with E-state index in [4.69, 9.17) is 33.7 Å². The van der Waals surface area contributed by atoms with Gasteiger partial charge in [-0.2, -0.15) is 0 Å². The molecule has 11 heteroatoms. The number of carbonyl (C=O) groups excluding carboxylic acids is 2. The third-order valence-electron chi connectivity index (χ3n) is 4.64. The van der Waals surface area contributed by atoms with Crippen molar-refractivity contribution in [2.45, 2.75) is 31.3 Å². The van der Waals surface area contributed by atoms with Crippen molar-refractivity contribution in [3.63, 3.8) is 0 Å². The van der Waals surface area contributed by atoms with Crippen LogP contribution in [0.15, 0.2) is 47.5 Å². The van der Waals surface area contributed by atoms with E-state index in [1.165, 1.54) is 24.3 Å². The molecule has 0 bridgehead atoms. The first-order chi connectivity index (χ1) is 15.2. The van der Waals surface area contributed by atoms with Crippen molar-refractivity contribution in [2.75, 3.05) is 10.8 Å². The number of rotatable bonds is 6. The van der Waals surface area contributed by atoms with Crippen molar-refractivity contribution in [1.29, 1.82) is 0 Å². The number of hydrogen-bond acceptors (Lipinski definition) is 5. The number of aryl methyl sites for hydroxylation is 1. The van der Waals surface area contributed by atoms with E-state index in [0.717, 1.165) is 4.31 Å². The van der Waals surface area contributed by atoms with Crippen molar-refractivity contribution in [2.24, 2.45) is 12.8 Å². The number of halogens is 2. The molecule has 0 atom stereocenters. The molecular formula is C22H23Cl2N3O5S. The number of aromatic nitrogens is 1. The van der Waals surface area contributed by atoms with E-state index >= 15 is 0 Å². The van der Waals surface area contributed by atoms with Crippen molar-refractivity contribution in [1.82, 2.24) is 4.57 Å². The molecule has 2 aromatic carbocycles. The second-order valence-corrected chi connectivity index (χ2v) is 11.2. The van der Waals surface area contributed by atoms with E-state index in [9.17, 15) is 18.0 Å². The van der Waals surface area contributed by atoms with Crippen molar-refractivity contribution in [3.05, 3.63) is 58.2 Å². The van der Waals surface area contributed by atoms with Crippen LogP contribution in [-0.4, -0.2) is 37.0 Å². The Morgan fingerprint density at radius 2 is 1.70 bits per heavy atom. The highest BCUT2D eigenvalue weighted by molar-refractivity contribution is 7.92. The summed E-state index contributed by atoms with van der Waals surface area (Å²) in [4.78, 5) is 24.2. The normalized spacial score (nSPS) is 12.1. The molecule has 3 rings (SSSR count). The quantitative estimate of drug-likeness (QED) is 0.500. The minimum Gasteiger partial charge on any atom is -0.459 e. The van der Waals surface area contributed by atoms with Crippen LogP contribution in [0.5, 0.6) is 0 Å². The van der Waals surface area contributed by atoms with Crippen LogP contribution < -0.4 is 10.0 Å². The van der Waals surface area contributed by atoms with Crippen LogP contribution in [0.3, 0.4) is 0 Å². The summed E-state index contributed by atoms with van der Waals surface area (Å²) in [7, 11) is -2.58. The lowest BCUT2D eigenvalue weighted by atomic mass is 10.1. The van der Waals surface area contributed by atoms with E-state index in [2.05, 4.69) is 0 Å². The number of fused-ring (bicyclic) bond motifs is 1. The molecule has 0 saturated heterocycles. The topological polar surface area (TPSA) is 112 Å². The van der Waals surface area contributed by atoms with E-state index in [0.29, 0.717) is 16.5 Å². The average Bonchev–Trinajstić information content (AvgIpc) is 3.00. The molecule has 0 radical (unpaired) electrons. The molecule has 0 fully saturated rings. The Balaban J connectivity index is 2.17. The van der Waals surface area contributed by atoms with Gasteiger partial charge < -0.3 is 15.0 Å². The highest BCUT2D eigenvalue weighted by atomic mass is 35.5. The van der Waals surface area contributed by atoms with E-state index in [1.807, 2.05) is 0 Å². The summed E-state index contributed by atoms with van der Waals surface area (Å²) in [6.07, 6.45) is 1.56. The minimum atomic E-state index is -4.28. The molecule has 0 aliphatic heterocycles. The predicted octanol–water partition coefficient (Wildman–Crippen LogP) is 4.12. The van der Waals surface area contributed by atoms with Gasteiger partial charge in [0.05, 0.1) is 21.7 Å². The van der Waals surface area contributed by atoms with Crippen LogP contribution in [0.25, 0.3) is 10.9 Å². The number of primary amides is 1. The lowest BCUT2D eigenvalue weighted by Crippen LogP contribution is -2.39. The van der Waals surface area contributed by atoms with Gasteiger partial charge in [-0.1, -0.05) is 23.2 Å². The second kappa shape index (κ2) is 8.89. The molecule has 2 N–H and O–H groups in total.